The first-order valence-corrected chi connectivity index (χ1v) is 8.28. The number of nitrogens with one attached hydrogen (secondary N) is 2. The van der Waals surface area contributed by atoms with Crippen LogP contribution in [-0.4, -0.2) is 31.4 Å². The molecule has 1 aliphatic heterocycles. The molecule has 1 heterocycles. The minimum absolute atomic E-state index is 0.0456. The molecule has 0 radical (unpaired) electrons. The number of amides is 3. The van der Waals surface area contributed by atoms with Gasteiger partial charge < -0.3 is 9.64 Å². The van der Waals surface area contributed by atoms with E-state index in [9.17, 15) is 18.8 Å². The quantitative estimate of drug-likeness (QED) is 0.800. The van der Waals surface area contributed by atoms with Crippen LogP contribution in [0.1, 0.15) is 16.8 Å². The fourth-order valence-electron chi connectivity index (χ4n) is 2.82. The Morgan fingerprint density at radius 3 is 2.48 bits per heavy atom. The number of rotatable bonds is 4. The largest absolute Gasteiger partial charge is 0.497 e. The van der Waals surface area contributed by atoms with Gasteiger partial charge in [0.15, 0.2) is 0 Å². The van der Waals surface area contributed by atoms with Gasteiger partial charge in [-0.1, -0.05) is 12.1 Å². The standard InChI is InChI=1S/C19H18FN3O4/c1-27-14-8-6-12(7-9-14)18(25)21-22-19(26)13-10-17(24)23(11-13)16-5-3-2-4-15(16)20/h2-9,13H,10-11H2,1H3,(H,21,25)(H,22,26). The topological polar surface area (TPSA) is 87.7 Å². The van der Waals surface area contributed by atoms with Gasteiger partial charge in [0.2, 0.25) is 11.8 Å². The molecule has 0 bridgehead atoms. The van der Waals surface area contributed by atoms with E-state index in [2.05, 4.69) is 10.9 Å². The predicted octanol–water partition coefficient (Wildman–Crippen LogP) is 1.65. The summed E-state index contributed by atoms with van der Waals surface area (Å²) in [6, 6.07) is 12.2. The molecule has 27 heavy (non-hydrogen) atoms. The number of hydrogen-bond acceptors (Lipinski definition) is 4. The highest BCUT2D eigenvalue weighted by atomic mass is 19.1. The van der Waals surface area contributed by atoms with E-state index in [0.29, 0.717) is 11.3 Å². The number of methoxy groups -OCH3 is 1. The van der Waals surface area contributed by atoms with Crippen LogP contribution in [0.2, 0.25) is 0 Å². The number of carbonyl (C=O) groups is 3. The average molecular weight is 371 g/mol. The number of para-hydroxylation sites is 1. The van der Waals surface area contributed by atoms with Crippen LogP contribution in [0, 0.1) is 11.7 Å². The van der Waals surface area contributed by atoms with Gasteiger partial charge in [-0.2, -0.15) is 0 Å². The first kappa shape index (κ1) is 18.4. The molecule has 3 amide bonds. The second-order valence-corrected chi connectivity index (χ2v) is 6.03. The summed E-state index contributed by atoms with van der Waals surface area (Å²) < 4.78 is 18.9. The maximum Gasteiger partial charge on any atom is 0.269 e. The summed E-state index contributed by atoms with van der Waals surface area (Å²) in [5.74, 6) is -1.96. The third kappa shape index (κ3) is 4.05. The lowest BCUT2D eigenvalue weighted by Gasteiger charge is -2.17. The number of halogens is 1. The zero-order chi connectivity index (χ0) is 19.4. The molecule has 0 aromatic heterocycles. The molecule has 3 rings (SSSR count). The maximum atomic E-state index is 13.9. The molecule has 1 aliphatic rings. The zero-order valence-corrected chi connectivity index (χ0v) is 14.6. The number of ether oxygens (including phenoxy) is 1. The fourth-order valence-corrected chi connectivity index (χ4v) is 2.82. The molecule has 1 fully saturated rings. The first-order chi connectivity index (χ1) is 13.0. The van der Waals surface area contributed by atoms with E-state index in [1.165, 1.54) is 30.2 Å². The lowest BCUT2D eigenvalue weighted by molar-refractivity contribution is -0.126. The van der Waals surface area contributed by atoms with E-state index in [1.54, 1.807) is 30.3 Å². The Morgan fingerprint density at radius 1 is 1.11 bits per heavy atom. The highest BCUT2D eigenvalue weighted by molar-refractivity contribution is 6.01. The van der Waals surface area contributed by atoms with Gasteiger partial charge in [-0.05, 0) is 36.4 Å². The molecular formula is C19H18FN3O4. The molecular weight excluding hydrogens is 353 g/mol. The van der Waals surface area contributed by atoms with Crippen molar-refractivity contribution in [3.8, 4) is 5.75 Å². The van der Waals surface area contributed by atoms with E-state index in [0.717, 1.165) is 0 Å². The molecule has 0 spiro atoms. The van der Waals surface area contributed by atoms with Crippen LogP contribution in [0.4, 0.5) is 10.1 Å². The highest BCUT2D eigenvalue weighted by Gasteiger charge is 2.36. The summed E-state index contributed by atoms with van der Waals surface area (Å²) in [4.78, 5) is 37.7. The van der Waals surface area contributed by atoms with Gasteiger partial charge in [0.25, 0.3) is 5.91 Å². The second-order valence-electron chi connectivity index (χ2n) is 6.03. The van der Waals surface area contributed by atoms with Crippen molar-refractivity contribution in [1.82, 2.24) is 10.9 Å². The third-order valence-corrected chi connectivity index (χ3v) is 4.29. The highest BCUT2D eigenvalue weighted by Crippen LogP contribution is 2.27. The molecule has 2 N–H and O–H groups in total. The number of anilines is 1. The van der Waals surface area contributed by atoms with Crippen molar-refractivity contribution in [2.24, 2.45) is 5.92 Å². The lowest BCUT2D eigenvalue weighted by Crippen LogP contribution is -2.45. The summed E-state index contributed by atoms with van der Waals surface area (Å²) in [5, 5.41) is 0. The Labute approximate surface area is 155 Å². The monoisotopic (exact) mass is 371 g/mol. The van der Waals surface area contributed by atoms with Crippen molar-refractivity contribution in [2.75, 3.05) is 18.6 Å². The minimum Gasteiger partial charge on any atom is -0.497 e. The molecule has 1 atom stereocenters. The van der Waals surface area contributed by atoms with Gasteiger partial charge in [-0.15, -0.1) is 0 Å². The van der Waals surface area contributed by atoms with Crippen LogP contribution < -0.4 is 20.5 Å². The number of hydrazine groups is 1. The van der Waals surface area contributed by atoms with Crippen molar-refractivity contribution in [3.05, 3.63) is 59.9 Å². The minimum atomic E-state index is -0.687. The second kappa shape index (κ2) is 7.86. The normalized spacial score (nSPS) is 16.1. The third-order valence-electron chi connectivity index (χ3n) is 4.29. The van der Waals surface area contributed by atoms with Crippen LogP contribution in [0.25, 0.3) is 0 Å². The predicted molar refractivity (Wildman–Crippen MR) is 95.5 cm³/mol. The van der Waals surface area contributed by atoms with Gasteiger partial charge in [0, 0.05) is 18.5 Å². The van der Waals surface area contributed by atoms with E-state index in [4.69, 9.17) is 4.74 Å². The van der Waals surface area contributed by atoms with Crippen molar-refractivity contribution < 1.29 is 23.5 Å². The summed E-state index contributed by atoms with van der Waals surface area (Å²) in [7, 11) is 1.52. The number of benzene rings is 2. The van der Waals surface area contributed by atoms with Crippen LogP contribution in [-0.2, 0) is 9.59 Å². The first-order valence-electron chi connectivity index (χ1n) is 8.28. The number of hydrogen-bond donors (Lipinski definition) is 2. The van der Waals surface area contributed by atoms with Gasteiger partial charge >= 0.3 is 0 Å². The smallest absolute Gasteiger partial charge is 0.269 e. The maximum absolute atomic E-state index is 13.9. The van der Waals surface area contributed by atoms with Crippen LogP contribution in [0.5, 0.6) is 5.75 Å². The van der Waals surface area contributed by atoms with Gasteiger partial charge in [-0.25, -0.2) is 4.39 Å². The van der Waals surface area contributed by atoms with E-state index in [1.807, 2.05) is 0 Å². The van der Waals surface area contributed by atoms with Gasteiger partial charge in [0.1, 0.15) is 11.6 Å². The van der Waals surface area contributed by atoms with Crippen molar-refractivity contribution in [1.29, 1.82) is 0 Å². The van der Waals surface area contributed by atoms with Crippen molar-refractivity contribution >= 4 is 23.4 Å². The van der Waals surface area contributed by atoms with E-state index in [-0.39, 0.29) is 24.6 Å². The molecule has 140 valence electrons. The molecule has 0 saturated carbocycles. The molecule has 1 unspecified atom stereocenters. The van der Waals surface area contributed by atoms with E-state index < -0.39 is 23.5 Å². The molecule has 2 aromatic carbocycles. The SMILES string of the molecule is COc1ccc(C(=O)NNC(=O)C2CC(=O)N(c3ccccc3F)C2)cc1. The van der Waals surface area contributed by atoms with Crippen LogP contribution >= 0.6 is 0 Å². The van der Waals surface area contributed by atoms with Crippen molar-refractivity contribution in [2.45, 2.75) is 6.42 Å². The molecule has 0 aliphatic carbocycles. The number of nitrogens with zero attached hydrogens (tertiary/aromatic N) is 1. The fraction of sp³-hybridized carbons (Fsp3) is 0.211. The van der Waals surface area contributed by atoms with Gasteiger partial charge in [-0.3, -0.25) is 25.2 Å². The Kier molecular flexibility index (Phi) is 5.35. The number of carbonyl (C=O) groups excluding carboxylic acids is 3. The summed E-state index contributed by atoms with van der Waals surface area (Å²) in [6.45, 7) is 0.0456. The van der Waals surface area contributed by atoms with Crippen molar-refractivity contribution in [3.63, 3.8) is 0 Å². The summed E-state index contributed by atoms with van der Waals surface area (Å²) >= 11 is 0. The molecule has 8 heteroatoms. The zero-order valence-electron chi connectivity index (χ0n) is 14.6. The van der Waals surface area contributed by atoms with E-state index >= 15 is 0 Å². The van der Waals surface area contributed by atoms with Crippen LogP contribution in [0.3, 0.4) is 0 Å². The summed E-state index contributed by atoms with van der Waals surface area (Å²) in [6.07, 6.45) is -0.0570. The Bertz CT molecular complexity index is 870. The Hall–Kier alpha value is -3.42. The lowest BCUT2D eigenvalue weighted by atomic mass is 10.1. The Balaban J connectivity index is 1.57. The average Bonchev–Trinajstić information content (AvgIpc) is 3.08. The molecule has 2 aromatic rings. The summed E-state index contributed by atoms with van der Waals surface area (Å²) in [5.41, 5.74) is 5.11. The molecule has 7 nitrogen and oxygen atoms in total. The molecule has 1 saturated heterocycles. The Morgan fingerprint density at radius 2 is 1.81 bits per heavy atom. The van der Waals surface area contributed by atoms with Gasteiger partial charge in [0.05, 0.1) is 18.7 Å². The van der Waals surface area contributed by atoms with Crippen LogP contribution in [0.15, 0.2) is 48.5 Å².